The van der Waals surface area contributed by atoms with E-state index in [0.29, 0.717) is 12.1 Å². The number of hydrogen-bond acceptors (Lipinski definition) is 2. The third-order valence-corrected chi connectivity index (χ3v) is 3.73. The highest BCUT2D eigenvalue weighted by atomic mass is 16.5. The summed E-state index contributed by atoms with van der Waals surface area (Å²) >= 11 is 0. The summed E-state index contributed by atoms with van der Waals surface area (Å²) in [5.41, 5.74) is 0. The van der Waals surface area contributed by atoms with Crippen LogP contribution in [0, 0.1) is 5.92 Å². The standard InChI is InChI=1S/C14H29NO/c1-4-6-7-8-14(15-10-5-2)13-9-11-16-12(13)3/h12-15H,4-11H2,1-3H3. The van der Waals surface area contributed by atoms with E-state index >= 15 is 0 Å². The van der Waals surface area contributed by atoms with Gasteiger partial charge in [0.1, 0.15) is 0 Å². The first-order valence-electron chi connectivity index (χ1n) is 7.14. The molecule has 1 N–H and O–H groups in total. The maximum absolute atomic E-state index is 5.69. The van der Waals surface area contributed by atoms with E-state index in [0.717, 1.165) is 19.1 Å². The first-order chi connectivity index (χ1) is 7.79. The van der Waals surface area contributed by atoms with E-state index in [-0.39, 0.29) is 0 Å². The lowest BCUT2D eigenvalue weighted by molar-refractivity contribution is 0.0939. The van der Waals surface area contributed by atoms with Crippen molar-refractivity contribution < 1.29 is 4.74 Å². The van der Waals surface area contributed by atoms with Crippen LogP contribution in [0.1, 0.15) is 59.3 Å². The van der Waals surface area contributed by atoms with Crippen molar-refractivity contribution in [2.45, 2.75) is 71.4 Å². The van der Waals surface area contributed by atoms with Crippen LogP contribution in [0.2, 0.25) is 0 Å². The van der Waals surface area contributed by atoms with Crippen LogP contribution < -0.4 is 5.32 Å². The second-order valence-corrected chi connectivity index (χ2v) is 5.08. The highest BCUT2D eigenvalue weighted by Crippen LogP contribution is 2.26. The molecule has 2 heteroatoms. The summed E-state index contributed by atoms with van der Waals surface area (Å²) in [5.74, 6) is 0.739. The highest BCUT2D eigenvalue weighted by Gasteiger charge is 2.30. The van der Waals surface area contributed by atoms with Crippen LogP contribution in [0.3, 0.4) is 0 Å². The average Bonchev–Trinajstić information content (AvgIpc) is 2.70. The fourth-order valence-electron chi connectivity index (χ4n) is 2.69. The average molecular weight is 227 g/mol. The Morgan fingerprint density at radius 2 is 2.06 bits per heavy atom. The second kappa shape index (κ2) is 8.08. The smallest absolute Gasteiger partial charge is 0.0590 e. The van der Waals surface area contributed by atoms with Gasteiger partial charge in [-0.05, 0) is 32.7 Å². The minimum Gasteiger partial charge on any atom is -0.378 e. The zero-order valence-electron chi connectivity index (χ0n) is 11.3. The van der Waals surface area contributed by atoms with Crippen LogP contribution in [-0.2, 0) is 4.74 Å². The molecule has 0 bridgehead atoms. The summed E-state index contributed by atoms with van der Waals surface area (Å²) in [6, 6.07) is 0.684. The molecule has 1 fully saturated rings. The zero-order chi connectivity index (χ0) is 11.8. The molecule has 0 spiro atoms. The Morgan fingerprint density at radius 1 is 1.25 bits per heavy atom. The highest BCUT2D eigenvalue weighted by molar-refractivity contribution is 4.84. The summed E-state index contributed by atoms with van der Waals surface area (Å²) in [7, 11) is 0. The molecule has 0 saturated carbocycles. The van der Waals surface area contributed by atoms with E-state index in [1.54, 1.807) is 0 Å². The van der Waals surface area contributed by atoms with Crippen LogP contribution in [0.25, 0.3) is 0 Å². The van der Waals surface area contributed by atoms with Crippen LogP contribution in [-0.4, -0.2) is 25.3 Å². The van der Waals surface area contributed by atoms with Crippen LogP contribution in [0.4, 0.5) is 0 Å². The SMILES string of the molecule is CCCCCC(NCCC)C1CCOC1C. The van der Waals surface area contributed by atoms with Crippen molar-refractivity contribution in [3.63, 3.8) is 0 Å². The van der Waals surface area contributed by atoms with Crippen LogP contribution in [0.5, 0.6) is 0 Å². The second-order valence-electron chi connectivity index (χ2n) is 5.08. The van der Waals surface area contributed by atoms with Gasteiger partial charge in [0.25, 0.3) is 0 Å². The predicted octanol–water partition coefficient (Wildman–Crippen LogP) is 3.36. The Bertz CT molecular complexity index is 172. The van der Waals surface area contributed by atoms with Crippen molar-refractivity contribution in [3.05, 3.63) is 0 Å². The quantitative estimate of drug-likeness (QED) is 0.642. The summed E-state index contributed by atoms with van der Waals surface area (Å²) in [4.78, 5) is 0. The van der Waals surface area contributed by atoms with Crippen LogP contribution in [0.15, 0.2) is 0 Å². The van der Waals surface area contributed by atoms with Gasteiger partial charge in [0, 0.05) is 18.6 Å². The van der Waals surface area contributed by atoms with Gasteiger partial charge in [0.15, 0.2) is 0 Å². The number of ether oxygens (including phenoxy) is 1. The maximum atomic E-state index is 5.69. The van der Waals surface area contributed by atoms with Gasteiger partial charge in [-0.15, -0.1) is 0 Å². The van der Waals surface area contributed by atoms with Crippen molar-refractivity contribution in [3.8, 4) is 0 Å². The molecule has 3 atom stereocenters. The van der Waals surface area contributed by atoms with Gasteiger partial charge in [-0.2, -0.15) is 0 Å². The fraction of sp³-hybridized carbons (Fsp3) is 1.00. The summed E-state index contributed by atoms with van der Waals surface area (Å²) in [6.45, 7) is 8.86. The van der Waals surface area contributed by atoms with E-state index in [2.05, 4.69) is 26.1 Å². The van der Waals surface area contributed by atoms with E-state index in [1.165, 1.54) is 38.5 Å². The van der Waals surface area contributed by atoms with E-state index in [1.807, 2.05) is 0 Å². The minimum absolute atomic E-state index is 0.455. The molecule has 1 rings (SSSR count). The summed E-state index contributed by atoms with van der Waals surface area (Å²) in [5, 5.41) is 3.72. The Balaban J connectivity index is 2.35. The van der Waals surface area contributed by atoms with E-state index in [4.69, 9.17) is 4.74 Å². The molecule has 0 amide bonds. The molecule has 0 radical (unpaired) electrons. The van der Waals surface area contributed by atoms with Gasteiger partial charge in [-0.25, -0.2) is 0 Å². The molecule has 1 saturated heterocycles. The first-order valence-corrected chi connectivity index (χ1v) is 7.14. The molecular formula is C14H29NO. The summed E-state index contributed by atoms with van der Waals surface area (Å²) in [6.07, 6.45) is 8.30. The number of unbranched alkanes of at least 4 members (excludes halogenated alkanes) is 2. The number of nitrogens with one attached hydrogen (secondary N) is 1. The third-order valence-electron chi connectivity index (χ3n) is 3.73. The largest absolute Gasteiger partial charge is 0.378 e. The van der Waals surface area contributed by atoms with Gasteiger partial charge in [0.2, 0.25) is 0 Å². The lowest BCUT2D eigenvalue weighted by Crippen LogP contribution is -2.39. The van der Waals surface area contributed by atoms with Crippen molar-refractivity contribution in [1.82, 2.24) is 5.32 Å². The molecule has 0 aromatic carbocycles. The monoisotopic (exact) mass is 227 g/mol. The maximum Gasteiger partial charge on any atom is 0.0590 e. The van der Waals surface area contributed by atoms with Gasteiger partial charge in [-0.3, -0.25) is 0 Å². The van der Waals surface area contributed by atoms with Crippen molar-refractivity contribution in [2.24, 2.45) is 5.92 Å². The van der Waals surface area contributed by atoms with E-state index < -0.39 is 0 Å². The molecule has 2 nitrogen and oxygen atoms in total. The molecule has 0 aromatic heterocycles. The normalized spacial score (nSPS) is 27.2. The number of rotatable bonds is 8. The molecule has 0 aliphatic carbocycles. The minimum atomic E-state index is 0.455. The van der Waals surface area contributed by atoms with Crippen molar-refractivity contribution in [2.75, 3.05) is 13.2 Å². The van der Waals surface area contributed by atoms with Gasteiger partial charge < -0.3 is 10.1 Å². The molecular weight excluding hydrogens is 198 g/mol. The van der Waals surface area contributed by atoms with Gasteiger partial charge in [-0.1, -0.05) is 33.1 Å². The summed E-state index contributed by atoms with van der Waals surface area (Å²) < 4.78 is 5.69. The van der Waals surface area contributed by atoms with Gasteiger partial charge in [0.05, 0.1) is 6.10 Å². The van der Waals surface area contributed by atoms with E-state index in [9.17, 15) is 0 Å². The molecule has 1 aliphatic rings. The Morgan fingerprint density at radius 3 is 2.62 bits per heavy atom. The Hall–Kier alpha value is -0.0800. The molecule has 16 heavy (non-hydrogen) atoms. The topological polar surface area (TPSA) is 21.3 Å². The molecule has 96 valence electrons. The number of hydrogen-bond donors (Lipinski definition) is 1. The fourth-order valence-corrected chi connectivity index (χ4v) is 2.69. The molecule has 3 unspecified atom stereocenters. The first kappa shape index (κ1) is 14.0. The molecule has 0 aromatic rings. The Kier molecular flexibility index (Phi) is 7.06. The predicted molar refractivity (Wildman–Crippen MR) is 69.7 cm³/mol. The lowest BCUT2D eigenvalue weighted by Gasteiger charge is -2.27. The Labute approximate surface area is 101 Å². The van der Waals surface area contributed by atoms with Crippen molar-refractivity contribution >= 4 is 0 Å². The van der Waals surface area contributed by atoms with Crippen LogP contribution >= 0.6 is 0 Å². The van der Waals surface area contributed by atoms with Gasteiger partial charge >= 0.3 is 0 Å². The molecule has 1 aliphatic heterocycles. The van der Waals surface area contributed by atoms with Crippen molar-refractivity contribution in [1.29, 1.82) is 0 Å². The third kappa shape index (κ3) is 4.42. The zero-order valence-corrected chi connectivity index (χ0v) is 11.3. The lowest BCUT2D eigenvalue weighted by atomic mass is 9.89. The molecule has 1 heterocycles.